The Kier molecular flexibility index (Phi) is 7.37. The Hall–Kier alpha value is 0.0400. The van der Waals surface area contributed by atoms with Crippen LogP contribution in [0.2, 0.25) is 0 Å². The van der Waals surface area contributed by atoms with Crippen molar-refractivity contribution in [1.29, 1.82) is 0 Å². The van der Waals surface area contributed by atoms with Crippen molar-refractivity contribution in [2.24, 2.45) is 0 Å². The predicted molar refractivity (Wildman–Crippen MR) is 50.4 cm³/mol. The Morgan fingerprint density at radius 3 is 2.29 bits per heavy atom. The average molecular weight is 233 g/mol. The maximum absolute atomic E-state index is 12.4. The van der Waals surface area contributed by atoms with Crippen LogP contribution in [0.15, 0.2) is 0 Å². The lowest BCUT2D eigenvalue weighted by Gasteiger charge is -2.16. The van der Waals surface area contributed by atoms with Crippen molar-refractivity contribution < 1.29 is 17.9 Å². The van der Waals surface area contributed by atoms with E-state index in [2.05, 4.69) is 23.3 Å². The number of hydrogen-bond acceptors (Lipinski definition) is 1. The van der Waals surface area contributed by atoms with Crippen molar-refractivity contribution in [1.82, 2.24) is 0 Å². The van der Waals surface area contributed by atoms with Crippen LogP contribution in [0.25, 0.3) is 0 Å². The Morgan fingerprint density at radius 2 is 1.79 bits per heavy atom. The molecular formula is C9H16ClF3O. The second-order valence-electron chi connectivity index (χ2n) is 3.13. The minimum Gasteiger partial charge on any atom is -0.317 e. The second-order valence-corrected chi connectivity index (χ2v) is 3.51. The second kappa shape index (κ2) is 7.35. The van der Waals surface area contributed by atoms with E-state index in [-0.39, 0.29) is 6.61 Å². The zero-order valence-corrected chi connectivity index (χ0v) is 9.00. The summed E-state index contributed by atoms with van der Waals surface area (Å²) in [4.78, 5) is 0. The van der Waals surface area contributed by atoms with Gasteiger partial charge in [-0.3, -0.25) is 0 Å². The van der Waals surface area contributed by atoms with Gasteiger partial charge < -0.3 is 4.74 Å². The molecule has 0 radical (unpaired) electrons. The molecule has 5 heteroatoms. The van der Waals surface area contributed by atoms with Gasteiger partial charge in [-0.1, -0.05) is 44.2 Å². The van der Waals surface area contributed by atoms with Gasteiger partial charge in [0.15, 0.2) is 0 Å². The highest BCUT2D eigenvalue weighted by Crippen LogP contribution is 2.26. The fraction of sp³-hybridized carbons (Fsp3) is 1.00. The number of unbranched alkanes of at least 4 members (excludes halogenated alkanes) is 4. The fourth-order valence-corrected chi connectivity index (χ4v) is 1.04. The van der Waals surface area contributed by atoms with E-state index < -0.39 is 11.7 Å². The largest absolute Gasteiger partial charge is 0.400 e. The molecule has 0 bridgehead atoms. The zero-order chi connectivity index (χ0) is 11.0. The Morgan fingerprint density at radius 1 is 1.21 bits per heavy atom. The van der Waals surface area contributed by atoms with Crippen LogP contribution in [-0.2, 0) is 4.74 Å². The molecule has 0 aliphatic rings. The molecule has 0 saturated carbocycles. The summed E-state index contributed by atoms with van der Waals surface area (Å²) in [6, 6.07) is 0. The van der Waals surface area contributed by atoms with E-state index in [1.54, 1.807) is 0 Å². The summed E-state index contributed by atoms with van der Waals surface area (Å²) in [6.45, 7) is 1.91. The zero-order valence-electron chi connectivity index (χ0n) is 8.24. The number of halogens is 4. The molecule has 1 atom stereocenters. The molecule has 0 heterocycles. The molecule has 0 spiro atoms. The molecule has 0 saturated heterocycles. The molecule has 0 fully saturated rings. The van der Waals surface area contributed by atoms with E-state index >= 15 is 0 Å². The summed E-state index contributed by atoms with van der Waals surface area (Å²) in [6.07, 6.45) is 0.642. The van der Waals surface area contributed by atoms with Crippen molar-refractivity contribution in [2.75, 3.05) is 6.61 Å². The van der Waals surface area contributed by atoms with Crippen LogP contribution in [0.1, 0.15) is 39.0 Å². The van der Waals surface area contributed by atoms with Crippen LogP contribution in [0, 0.1) is 0 Å². The van der Waals surface area contributed by atoms with Crippen LogP contribution in [0.3, 0.4) is 0 Å². The van der Waals surface area contributed by atoms with Gasteiger partial charge in [0.05, 0.1) is 6.61 Å². The third-order valence-corrected chi connectivity index (χ3v) is 2.05. The van der Waals surface area contributed by atoms with Gasteiger partial charge >= 0.3 is 6.11 Å². The van der Waals surface area contributed by atoms with Crippen molar-refractivity contribution in [3.05, 3.63) is 0 Å². The standard InChI is InChI=1S/C9H16ClF3O/c1-2-3-4-5-6-7-14-9(12,13)8(10)11/h8H,2-7H2,1H3. The van der Waals surface area contributed by atoms with Crippen molar-refractivity contribution in [3.8, 4) is 0 Å². The van der Waals surface area contributed by atoms with Gasteiger partial charge in [-0.05, 0) is 6.42 Å². The molecule has 86 valence electrons. The molecule has 0 aliphatic carbocycles. The highest BCUT2D eigenvalue weighted by atomic mass is 35.5. The molecule has 14 heavy (non-hydrogen) atoms. The number of rotatable bonds is 8. The van der Waals surface area contributed by atoms with Gasteiger partial charge in [0, 0.05) is 0 Å². The molecule has 0 aliphatic heterocycles. The van der Waals surface area contributed by atoms with Crippen LogP contribution < -0.4 is 0 Å². The number of alkyl halides is 4. The first-order chi connectivity index (χ1) is 6.50. The van der Waals surface area contributed by atoms with Crippen molar-refractivity contribution in [3.63, 3.8) is 0 Å². The minimum atomic E-state index is -3.85. The topological polar surface area (TPSA) is 9.23 Å². The molecule has 0 N–H and O–H groups in total. The maximum atomic E-state index is 12.4. The van der Waals surface area contributed by atoms with Crippen LogP contribution in [0.5, 0.6) is 0 Å². The minimum absolute atomic E-state index is 0.149. The van der Waals surface area contributed by atoms with Gasteiger partial charge in [0.2, 0.25) is 0 Å². The first-order valence-corrected chi connectivity index (χ1v) is 5.24. The normalized spacial score (nSPS) is 14.4. The number of hydrogen-bond donors (Lipinski definition) is 0. The summed E-state index contributed by atoms with van der Waals surface area (Å²) in [5.41, 5.74) is -2.77. The van der Waals surface area contributed by atoms with E-state index in [4.69, 9.17) is 0 Å². The Labute approximate surface area is 87.6 Å². The molecule has 0 rings (SSSR count). The van der Waals surface area contributed by atoms with Gasteiger partial charge in [0.25, 0.3) is 5.63 Å². The summed E-state index contributed by atoms with van der Waals surface area (Å²) >= 11 is 4.59. The third-order valence-electron chi connectivity index (χ3n) is 1.80. The van der Waals surface area contributed by atoms with Crippen LogP contribution in [0.4, 0.5) is 13.2 Å². The predicted octanol–water partition coefficient (Wildman–Crippen LogP) is 4.10. The SMILES string of the molecule is CCCCCCCOC(F)(F)C(F)Cl. The van der Waals surface area contributed by atoms with Crippen LogP contribution >= 0.6 is 11.6 Å². The molecule has 1 unspecified atom stereocenters. The molecule has 1 nitrogen and oxygen atoms in total. The number of ether oxygens (including phenoxy) is 1. The summed E-state index contributed by atoms with van der Waals surface area (Å²) in [7, 11) is 0. The lowest BCUT2D eigenvalue weighted by atomic mass is 10.2. The lowest BCUT2D eigenvalue weighted by molar-refractivity contribution is -0.256. The monoisotopic (exact) mass is 232 g/mol. The molecule has 0 amide bonds. The fourth-order valence-electron chi connectivity index (χ4n) is 0.977. The third kappa shape index (κ3) is 6.49. The smallest absolute Gasteiger partial charge is 0.317 e. The quantitative estimate of drug-likeness (QED) is 0.452. The Bertz CT molecular complexity index is 142. The van der Waals surface area contributed by atoms with Gasteiger partial charge in [-0.15, -0.1) is 0 Å². The van der Waals surface area contributed by atoms with E-state index in [1.165, 1.54) is 0 Å². The van der Waals surface area contributed by atoms with Crippen LogP contribution in [-0.4, -0.2) is 18.3 Å². The molecule has 0 aromatic rings. The van der Waals surface area contributed by atoms with Crippen molar-refractivity contribution >= 4 is 11.6 Å². The maximum Gasteiger partial charge on any atom is 0.400 e. The molecule has 0 aromatic heterocycles. The van der Waals surface area contributed by atoms with E-state index in [0.29, 0.717) is 6.42 Å². The summed E-state index contributed by atoms with van der Waals surface area (Å²) < 4.78 is 40.8. The highest BCUT2D eigenvalue weighted by Gasteiger charge is 2.40. The van der Waals surface area contributed by atoms with Gasteiger partial charge in [-0.25, -0.2) is 4.39 Å². The van der Waals surface area contributed by atoms with E-state index in [9.17, 15) is 13.2 Å². The first-order valence-electron chi connectivity index (χ1n) is 4.80. The highest BCUT2D eigenvalue weighted by molar-refractivity contribution is 6.20. The Balaban J connectivity index is 3.35. The van der Waals surface area contributed by atoms with Gasteiger partial charge in [-0.2, -0.15) is 8.78 Å². The van der Waals surface area contributed by atoms with Gasteiger partial charge in [0.1, 0.15) is 0 Å². The summed E-state index contributed by atoms with van der Waals surface area (Å²) in [5.74, 6) is 0. The molecule has 0 aromatic carbocycles. The average Bonchev–Trinajstić information content (AvgIpc) is 2.10. The first kappa shape index (κ1) is 14.0. The van der Waals surface area contributed by atoms with E-state index in [1.807, 2.05) is 0 Å². The summed E-state index contributed by atoms with van der Waals surface area (Å²) in [5, 5.41) is 0. The van der Waals surface area contributed by atoms with Crippen molar-refractivity contribution in [2.45, 2.75) is 50.8 Å². The van der Waals surface area contributed by atoms with E-state index in [0.717, 1.165) is 25.7 Å². The lowest BCUT2D eigenvalue weighted by Crippen LogP contribution is -2.29. The molecular weight excluding hydrogens is 217 g/mol.